The summed E-state index contributed by atoms with van der Waals surface area (Å²) < 4.78 is 32.8. The summed E-state index contributed by atoms with van der Waals surface area (Å²) in [5.41, 5.74) is 1.83. The van der Waals surface area contributed by atoms with Crippen LogP contribution in [0.25, 0.3) is 5.69 Å². The number of alkyl halides is 2. The van der Waals surface area contributed by atoms with Crippen molar-refractivity contribution >= 4 is 11.7 Å². The van der Waals surface area contributed by atoms with E-state index in [4.69, 9.17) is 4.74 Å². The van der Waals surface area contributed by atoms with Gasteiger partial charge in [0.2, 0.25) is 11.8 Å². The Kier molecular flexibility index (Phi) is 5.61. The van der Waals surface area contributed by atoms with E-state index in [1.165, 1.54) is 16.8 Å². The molecule has 0 atom stereocenters. The van der Waals surface area contributed by atoms with Gasteiger partial charge in [-0.05, 0) is 25.1 Å². The number of ether oxygens (including phenoxy) is 1. The zero-order valence-electron chi connectivity index (χ0n) is 16.1. The number of piperazine rings is 1. The van der Waals surface area contributed by atoms with E-state index in [1.807, 2.05) is 0 Å². The van der Waals surface area contributed by atoms with Gasteiger partial charge in [0.1, 0.15) is 12.3 Å². The highest BCUT2D eigenvalue weighted by Crippen LogP contribution is 2.22. The second-order valence-corrected chi connectivity index (χ2v) is 6.67. The average Bonchev–Trinajstić information content (AvgIpc) is 3.13. The molecule has 30 heavy (non-hydrogen) atoms. The zero-order valence-corrected chi connectivity index (χ0v) is 16.1. The van der Waals surface area contributed by atoms with Crippen LogP contribution in [0.5, 0.6) is 5.88 Å². The van der Waals surface area contributed by atoms with Crippen molar-refractivity contribution < 1.29 is 18.3 Å². The minimum absolute atomic E-state index is 0.0623. The normalized spacial score (nSPS) is 14.4. The number of benzene rings is 1. The highest BCUT2D eigenvalue weighted by Gasteiger charge is 2.21. The quantitative estimate of drug-likeness (QED) is 0.656. The van der Waals surface area contributed by atoms with E-state index in [-0.39, 0.29) is 30.5 Å². The molecule has 1 aliphatic heterocycles. The van der Waals surface area contributed by atoms with Crippen molar-refractivity contribution in [2.45, 2.75) is 20.0 Å². The van der Waals surface area contributed by atoms with Crippen LogP contribution in [0.15, 0.2) is 36.4 Å². The van der Waals surface area contributed by atoms with E-state index in [9.17, 15) is 13.6 Å². The lowest BCUT2D eigenvalue weighted by molar-refractivity contribution is -0.118. The number of hydrogen-bond acceptors (Lipinski definition) is 7. The zero-order chi connectivity index (χ0) is 21.1. The molecule has 0 unspecified atom stereocenters. The first-order valence-electron chi connectivity index (χ1n) is 9.30. The Hall–Kier alpha value is -3.47. The largest absolute Gasteiger partial charge is 0.470 e. The van der Waals surface area contributed by atoms with Gasteiger partial charge >= 0.3 is 0 Å². The summed E-state index contributed by atoms with van der Waals surface area (Å²) in [5.74, 6) is 0.685. The van der Waals surface area contributed by atoms with Gasteiger partial charge < -0.3 is 10.1 Å². The van der Waals surface area contributed by atoms with Crippen LogP contribution in [0.2, 0.25) is 0 Å². The van der Waals surface area contributed by atoms with E-state index in [1.54, 1.807) is 36.1 Å². The smallest absolute Gasteiger partial charge is 0.263 e. The standard InChI is InChI=1S/C19H19F2N7O2/c1-12-15(28(26-23-12)14-4-2-13(3-5-14)19(20)21)11-30-17-7-6-16(24-25-17)27-9-8-22-10-18(27)29/h2-7,19,22H,8-11H2,1H3. The Labute approximate surface area is 170 Å². The third kappa shape index (κ3) is 4.10. The highest BCUT2D eigenvalue weighted by atomic mass is 19.3. The Balaban J connectivity index is 1.46. The second kappa shape index (κ2) is 8.49. The fourth-order valence-corrected chi connectivity index (χ4v) is 3.04. The highest BCUT2D eigenvalue weighted by molar-refractivity contribution is 5.94. The lowest BCUT2D eigenvalue weighted by Crippen LogP contribution is -2.48. The van der Waals surface area contributed by atoms with Gasteiger partial charge in [0.15, 0.2) is 5.82 Å². The first-order chi connectivity index (χ1) is 14.5. The summed E-state index contributed by atoms with van der Waals surface area (Å²) in [4.78, 5) is 13.5. The molecular formula is C19H19F2N7O2. The fourth-order valence-electron chi connectivity index (χ4n) is 3.04. The summed E-state index contributed by atoms with van der Waals surface area (Å²) in [7, 11) is 0. The molecule has 2 aromatic heterocycles. The third-order valence-electron chi connectivity index (χ3n) is 4.70. The molecule has 3 aromatic rings. The van der Waals surface area contributed by atoms with E-state index in [2.05, 4.69) is 25.8 Å². The predicted molar refractivity (Wildman–Crippen MR) is 103 cm³/mol. The van der Waals surface area contributed by atoms with Gasteiger partial charge in [0.25, 0.3) is 6.43 Å². The van der Waals surface area contributed by atoms with Gasteiger partial charge in [0, 0.05) is 24.7 Å². The lowest BCUT2D eigenvalue weighted by atomic mass is 10.2. The van der Waals surface area contributed by atoms with Crippen molar-refractivity contribution in [3.8, 4) is 11.6 Å². The van der Waals surface area contributed by atoms with Gasteiger partial charge in [-0.3, -0.25) is 9.69 Å². The molecule has 0 spiro atoms. The molecule has 11 heteroatoms. The van der Waals surface area contributed by atoms with Crippen LogP contribution >= 0.6 is 0 Å². The van der Waals surface area contributed by atoms with Gasteiger partial charge in [-0.1, -0.05) is 17.3 Å². The van der Waals surface area contributed by atoms with Crippen LogP contribution in [-0.2, 0) is 11.4 Å². The molecular weight excluding hydrogens is 396 g/mol. The van der Waals surface area contributed by atoms with Crippen molar-refractivity contribution in [3.63, 3.8) is 0 Å². The molecule has 1 amide bonds. The van der Waals surface area contributed by atoms with Gasteiger partial charge in [-0.25, -0.2) is 13.5 Å². The van der Waals surface area contributed by atoms with Crippen LogP contribution < -0.4 is 15.0 Å². The maximum Gasteiger partial charge on any atom is 0.263 e. The van der Waals surface area contributed by atoms with Crippen LogP contribution in [0.1, 0.15) is 23.4 Å². The summed E-state index contributed by atoms with van der Waals surface area (Å²) in [6.07, 6.45) is -2.53. The average molecular weight is 415 g/mol. The third-order valence-corrected chi connectivity index (χ3v) is 4.70. The van der Waals surface area contributed by atoms with E-state index in [0.29, 0.717) is 36.0 Å². The fraction of sp³-hybridized carbons (Fsp3) is 0.316. The van der Waals surface area contributed by atoms with E-state index < -0.39 is 6.43 Å². The van der Waals surface area contributed by atoms with Crippen LogP contribution in [-0.4, -0.2) is 50.7 Å². The number of carbonyl (C=O) groups is 1. The number of aryl methyl sites for hydroxylation is 1. The Bertz CT molecular complexity index is 1020. The molecule has 1 saturated heterocycles. The Morgan fingerprint density at radius 1 is 1.13 bits per heavy atom. The molecule has 4 rings (SSSR count). The molecule has 0 aliphatic carbocycles. The van der Waals surface area contributed by atoms with Crippen molar-refractivity contribution in [1.82, 2.24) is 30.5 Å². The van der Waals surface area contributed by atoms with Crippen LogP contribution in [0.4, 0.5) is 14.6 Å². The van der Waals surface area contributed by atoms with Crippen LogP contribution in [0, 0.1) is 6.92 Å². The molecule has 0 bridgehead atoms. The number of aromatic nitrogens is 5. The summed E-state index contributed by atoms with van der Waals surface area (Å²) in [5, 5.41) is 19.2. The Morgan fingerprint density at radius 2 is 1.93 bits per heavy atom. The van der Waals surface area contributed by atoms with Crippen molar-refractivity contribution in [3.05, 3.63) is 53.3 Å². The molecule has 1 fully saturated rings. The maximum absolute atomic E-state index is 12.8. The Morgan fingerprint density at radius 3 is 2.60 bits per heavy atom. The molecule has 1 N–H and O–H groups in total. The first kappa shape index (κ1) is 19.8. The molecule has 0 radical (unpaired) electrons. The molecule has 0 saturated carbocycles. The summed E-state index contributed by atoms with van der Waals surface area (Å²) in [6, 6.07) is 9.12. The summed E-state index contributed by atoms with van der Waals surface area (Å²) >= 11 is 0. The number of carbonyl (C=O) groups excluding carboxylic acids is 1. The monoisotopic (exact) mass is 415 g/mol. The number of hydrogen-bond donors (Lipinski definition) is 1. The van der Waals surface area contributed by atoms with Crippen molar-refractivity contribution in [2.75, 3.05) is 24.5 Å². The first-order valence-corrected chi connectivity index (χ1v) is 9.30. The van der Waals surface area contributed by atoms with Gasteiger partial charge in [-0.15, -0.1) is 15.3 Å². The number of amides is 1. The molecule has 3 heterocycles. The predicted octanol–water partition coefficient (Wildman–Crippen LogP) is 1.82. The number of anilines is 1. The van der Waals surface area contributed by atoms with Crippen molar-refractivity contribution in [2.24, 2.45) is 0 Å². The molecule has 9 nitrogen and oxygen atoms in total. The number of halogens is 2. The number of nitrogens with zero attached hydrogens (tertiary/aromatic N) is 6. The van der Waals surface area contributed by atoms with Crippen LogP contribution in [0.3, 0.4) is 0 Å². The van der Waals surface area contributed by atoms with E-state index >= 15 is 0 Å². The SMILES string of the molecule is Cc1nnn(-c2ccc(C(F)F)cc2)c1COc1ccc(N2CCNCC2=O)nn1. The minimum Gasteiger partial charge on any atom is -0.470 e. The number of nitrogens with one attached hydrogen (secondary N) is 1. The van der Waals surface area contributed by atoms with Crippen molar-refractivity contribution in [1.29, 1.82) is 0 Å². The van der Waals surface area contributed by atoms with Gasteiger partial charge in [-0.2, -0.15) is 0 Å². The molecule has 1 aliphatic rings. The van der Waals surface area contributed by atoms with Gasteiger partial charge in [0.05, 0.1) is 17.9 Å². The molecule has 156 valence electrons. The summed E-state index contributed by atoms with van der Waals surface area (Å²) in [6.45, 7) is 3.38. The van der Waals surface area contributed by atoms with E-state index in [0.717, 1.165) is 0 Å². The maximum atomic E-state index is 12.8. The lowest BCUT2D eigenvalue weighted by Gasteiger charge is -2.25. The molecule has 1 aromatic carbocycles. The second-order valence-electron chi connectivity index (χ2n) is 6.67. The number of rotatable bonds is 6. The minimum atomic E-state index is -2.53. The topological polar surface area (TPSA) is 98.1 Å².